The molecule has 3 rings (SSSR count). The number of ether oxygens (including phenoxy) is 1. The standard InChI is InChI=1S/C14H15ClN4O2/c15-11-7-17-19(8-11)9-13(20)18-12-3-5-21-14(12)10-2-1-4-16-6-10/h1-2,4,6-8,12,14H,3,5,9H2,(H,18,20)/t12-,14+/m1/s1. The topological polar surface area (TPSA) is 69.0 Å². The van der Waals surface area contributed by atoms with Gasteiger partial charge in [-0.05, 0) is 12.5 Å². The van der Waals surface area contributed by atoms with E-state index in [1.54, 1.807) is 18.6 Å². The van der Waals surface area contributed by atoms with Gasteiger partial charge < -0.3 is 10.1 Å². The highest BCUT2D eigenvalue weighted by Crippen LogP contribution is 2.28. The summed E-state index contributed by atoms with van der Waals surface area (Å²) in [5, 5.41) is 7.49. The van der Waals surface area contributed by atoms with Crippen molar-refractivity contribution in [2.45, 2.75) is 25.1 Å². The Kier molecular flexibility index (Phi) is 4.17. The second-order valence-corrected chi connectivity index (χ2v) is 5.33. The minimum absolute atomic E-state index is 0.0484. The van der Waals surface area contributed by atoms with Gasteiger partial charge in [0.05, 0.1) is 17.3 Å². The average Bonchev–Trinajstić information content (AvgIpc) is 3.09. The molecule has 1 fully saturated rings. The molecule has 1 aliphatic rings. The van der Waals surface area contributed by atoms with Crippen molar-refractivity contribution in [2.24, 2.45) is 0 Å². The molecule has 1 amide bonds. The van der Waals surface area contributed by atoms with Crippen molar-refractivity contribution in [2.75, 3.05) is 6.61 Å². The van der Waals surface area contributed by atoms with Crippen LogP contribution in [0, 0.1) is 0 Å². The molecule has 21 heavy (non-hydrogen) atoms. The third-order valence-electron chi connectivity index (χ3n) is 3.36. The van der Waals surface area contributed by atoms with Gasteiger partial charge in [-0.15, -0.1) is 0 Å². The fourth-order valence-corrected chi connectivity index (χ4v) is 2.59. The summed E-state index contributed by atoms with van der Waals surface area (Å²) in [5.41, 5.74) is 0.974. The van der Waals surface area contributed by atoms with E-state index in [1.807, 2.05) is 12.1 Å². The van der Waals surface area contributed by atoms with Crippen LogP contribution >= 0.6 is 11.6 Å². The first-order valence-corrected chi connectivity index (χ1v) is 7.09. The number of nitrogens with zero attached hydrogens (tertiary/aromatic N) is 3. The number of rotatable bonds is 4. The van der Waals surface area contributed by atoms with Crippen molar-refractivity contribution in [1.82, 2.24) is 20.1 Å². The summed E-state index contributed by atoms with van der Waals surface area (Å²) in [6, 6.07) is 3.77. The Hall–Kier alpha value is -1.92. The fraction of sp³-hybridized carbons (Fsp3) is 0.357. The highest BCUT2D eigenvalue weighted by Gasteiger charge is 2.31. The van der Waals surface area contributed by atoms with Crippen LogP contribution in [0.5, 0.6) is 0 Å². The molecular formula is C14H15ClN4O2. The van der Waals surface area contributed by atoms with Crippen molar-refractivity contribution in [1.29, 1.82) is 0 Å². The second kappa shape index (κ2) is 6.24. The van der Waals surface area contributed by atoms with E-state index in [0.29, 0.717) is 11.6 Å². The van der Waals surface area contributed by atoms with Gasteiger partial charge in [0, 0.05) is 30.8 Å². The lowest BCUT2D eigenvalue weighted by atomic mass is 10.0. The van der Waals surface area contributed by atoms with E-state index in [1.165, 1.54) is 10.9 Å². The summed E-state index contributed by atoms with van der Waals surface area (Å²) < 4.78 is 7.22. The lowest BCUT2D eigenvalue weighted by molar-refractivity contribution is -0.123. The number of hydrogen-bond donors (Lipinski definition) is 1. The molecule has 0 bridgehead atoms. The molecule has 0 spiro atoms. The number of amides is 1. The third-order valence-corrected chi connectivity index (χ3v) is 3.55. The molecule has 0 aromatic carbocycles. The lowest BCUT2D eigenvalue weighted by Crippen LogP contribution is -2.38. The van der Waals surface area contributed by atoms with Crippen LogP contribution in [0.2, 0.25) is 5.02 Å². The number of carbonyl (C=O) groups is 1. The average molecular weight is 307 g/mol. The highest BCUT2D eigenvalue weighted by molar-refractivity contribution is 6.30. The van der Waals surface area contributed by atoms with Gasteiger partial charge in [-0.3, -0.25) is 14.5 Å². The number of pyridine rings is 1. The van der Waals surface area contributed by atoms with Gasteiger partial charge in [0.2, 0.25) is 5.91 Å². The van der Waals surface area contributed by atoms with Crippen LogP contribution in [0.25, 0.3) is 0 Å². The van der Waals surface area contributed by atoms with Crippen molar-refractivity contribution in [3.8, 4) is 0 Å². The van der Waals surface area contributed by atoms with Crippen molar-refractivity contribution in [3.05, 3.63) is 47.5 Å². The van der Waals surface area contributed by atoms with Crippen molar-refractivity contribution < 1.29 is 9.53 Å². The SMILES string of the molecule is O=C(Cn1cc(Cl)cn1)N[C@@H]1CCO[C@H]1c1cccnc1. The van der Waals surface area contributed by atoms with Crippen molar-refractivity contribution in [3.63, 3.8) is 0 Å². The lowest BCUT2D eigenvalue weighted by Gasteiger charge is -2.19. The summed E-state index contributed by atoms with van der Waals surface area (Å²) in [4.78, 5) is 16.2. The summed E-state index contributed by atoms with van der Waals surface area (Å²) in [6.07, 6.45) is 7.24. The van der Waals surface area contributed by atoms with Crippen LogP contribution in [-0.2, 0) is 16.1 Å². The first-order valence-electron chi connectivity index (χ1n) is 6.71. The maximum absolute atomic E-state index is 12.1. The van der Waals surface area contributed by atoms with Crippen LogP contribution < -0.4 is 5.32 Å². The predicted molar refractivity (Wildman–Crippen MR) is 76.7 cm³/mol. The maximum atomic E-state index is 12.1. The van der Waals surface area contributed by atoms with Crippen LogP contribution in [0.15, 0.2) is 36.9 Å². The summed E-state index contributed by atoms with van der Waals surface area (Å²) in [5.74, 6) is -0.112. The van der Waals surface area contributed by atoms with Gasteiger partial charge in [0.1, 0.15) is 12.6 Å². The summed E-state index contributed by atoms with van der Waals surface area (Å²) in [7, 11) is 0. The van der Waals surface area contributed by atoms with E-state index in [4.69, 9.17) is 16.3 Å². The fourth-order valence-electron chi connectivity index (χ4n) is 2.43. The van der Waals surface area contributed by atoms with Crippen LogP contribution in [0.3, 0.4) is 0 Å². The zero-order valence-corrected chi connectivity index (χ0v) is 12.0. The van der Waals surface area contributed by atoms with E-state index in [0.717, 1.165) is 12.0 Å². The van der Waals surface area contributed by atoms with E-state index >= 15 is 0 Å². The molecule has 0 radical (unpaired) electrons. The van der Waals surface area contributed by atoms with E-state index < -0.39 is 0 Å². The molecular weight excluding hydrogens is 292 g/mol. The normalized spacial score (nSPS) is 21.4. The third kappa shape index (κ3) is 3.40. The molecule has 1 aliphatic heterocycles. The Morgan fingerprint density at radius 1 is 1.52 bits per heavy atom. The van der Waals surface area contributed by atoms with E-state index in [2.05, 4.69) is 15.4 Å². The molecule has 1 saturated heterocycles. The Morgan fingerprint density at radius 2 is 2.43 bits per heavy atom. The molecule has 0 saturated carbocycles. The van der Waals surface area contributed by atoms with Gasteiger partial charge in [0.15, 0.2) is 0 Å². The second-order valence-electron chi connectivity index (χ2n) is 4.90. The number of aromatic nitrogens is 3. The first-order chi connectivity index (χ1) is 10.2. The Morgan fingerprint density at radius 3 is 3.14 bits per heavy atom. The summed E-state index contributed by atoms with van der Waals surface area (Å²) in [6.45, 7) is 0.765. The van der Waals surface area contributed by atoms with E-state index in [9.17, 15) is 4.79 Å². The Balaban J connectivity index is 1.62. The number of hydrogen-bond acceptors (Lipinski definition) is 4. The molecule has 2 aromatic heterocycles. The Labute approximate surface area is 127 Å². The maximum Gasteiger partial charge on any atom is 0.242 e. The van der Waals surface area contributed by atoms with Crippen molar-refractivity contribution >= 4 is 17.5 Å². The number of nitrogens with one attached hydrogen (secondary N) is 1. The minimum atomic E-state index is -0.149. The smallest absolute Gasteiger partial charge is 0.242 e. The quantitative estimate of drug-likeness (QED) is 0.931. The van der Waals surface area contributed by atoms with Gasteiger partial charge in [-0.25, -0.2) is 0 Å². The molecule has 110 valence electrons. The molecule has 3 heterocycles. The van der Waals surface area contributed by atoms with Crippen LogP contribution in [0.1, 0.15) is 18.1 Å². The number of carbonyl (C=O) groups excluding carboxylic acids is 1. The molecule has 0 unspecified atom stereocenters. The van der Waals surface area contributed by atoms with Gasteiger partial charge in [0.25, 0.3) is 0 Å². The molecule has 2 aromatic rings. The monoisotopic (exact) mass is 306 g/mol. The van der Waals surface area contributed by atoms with Gasteiger partial charge in [-0.1, -0.05) is 17.7 Å². The summed E-state index contributed by atoms with van der Waals surface area (Å²) >= 11 is 5.78. The zero-order chi connectivity index (χ0) is 14.7. The molecule has 7 heteroatoms. The molecule has 2 atom stereocenters. The number of halogens is 1. The molecule has 1 N–H and O–H groups in total. The molecule has 0 aliphatic carbocycles. The molecule has 6 nitrogen and oxygen atoms in total. The Bertz CT molecular complexity index is 616. The van der Waals surface area contributed by atoms with Crippen LogP contribution in [0.4, 0.5) is 0 Å². The van der Waals surface area contributed by atoms with Crippen LogP contribution in [-0.4, -0.2) is 33.3 Å². The minimum Gasteiger partial charge on any atom is -0.371 e. The van der Waals surface area contributed by atoms with Gasteiger partial charge >= 0.3 is 0 Å². The van der Waals surface area contributed by atoms with E-state index in [-0.39, 0.29) is 24.6 Å². The van der Waals surface area contributed by atoms with Gasteiger partial charge in [-0.2, -0.15) is 5.10 Å². The highest BCUT2D eigenvalue weighted by atomic mass is 35.5. The largest absolute Gasteiger partial charge is 0.371 e. The first kappa shape index (κ1) is 14.0. The predicted octanol–water partition coefficient (Wildman–Crippen LogP) is 1.58. The zero-order valence-electron chi connectivity index (χ0n) is 11.3.